The summed E-state index contributed by atoms with van der Waals surface area (Å²) in [4.78, 5) is 23.5. The fourth-order valence-electron chi connectivity index (χ4n) is 1.64. The lowest BCUT2D eigenvalue weighted by atomic mass is 10.1. The van der Waals surface area contributed by atoms with Crippen molar-refractivity contribution in [2.24, 2.45) is 0 Å². The van der Waals surface area contributed by atoms with Crippen LogP contribution in [-0.4, -0.2) is 23.8 Å². The fourth-order valence-corrected chi connectivity index (χ4v) is 2.12. The van der Waals surface area contributed by atoms with Crippen molar-refractivity contribution in [1.29, 1.82) is 0 Å². The molecule has 1 aromatic carbocycles. The van der Waals surface area contributed by atoms with E-state index >= 15 is 0 Å². The Labute approximate surface area is 127 Å². The van der Waals surface area contributed by atoms with Gasteiger partial charge in [0.1, 0.15) is 0 Å². The minimum atomic E-state index is -0.737. The van der Waals surface area contributed by atoms with E-state index in [0.29, 0.717) is 15.7 Å². The molecule has 1 aromatic rings. The van der Waals surface area contributed by atoms with Gasteiger partial charge < -0.3 is 15.8 Å². The van der Waals surface area contributed by atoms with Crippen LogP contribution in [-0.2, 0) is 4.79 Å². The van der Waals surface area contributed by atoms with Gasteiger partial charge in [0.15, 0.2) is 17.6 Å². The van der Waals surface area contributed by atoms with Crippen molar-refractivity contribution < 1.29 is 14.3 Å². The number of halogens is 1. The topological polar surface area (TPSA) is 81.4 Å². The molecule has 0 heterocycles. The number of hydrogen-bond donors (Lipinski definition) is 2. The first-order valence-electron chi connectivity index (χ1n) is 6.29. The highest BCUT2D eigenvalue weighted by Crippen LogP contribution is 2.31. The number of carbonyl (C=O) groups excluding carboxylic acids is 2. The third kappa shape index (κ3) is 4.23. The SMILES string of the molecule is CC(=O)c1cc(Br)cc(N)c1OC(C)C(=O)NC(C)C. The van der Waals surface area contributed by atoms with Crippen LogP contribution in [0.4, 0.5) is 5.69 Å². The van der Waals surface area contributed by atoms with E-state index in [1.807, 2.05) is 13.8 Å². The zero-order valence-corrected chi connectivity index (χ0v) is 13.6. The molecule has 110 valence electrons. The monoisotopic (exact) mass is 342 g/mol. The second-order valence-corrected chi connectivity index (χ2v) is 5.77. The summed E-state index contributed by atoms with van der Waals surface area (Å²) in [6.07, 6.45) is -0.737. The Morgan fingerprint density at radius 2 is 1.90 bits per heavy atom. The first kappa shape index (κ1) is 16.5. The molecule has 1 amide bonds. The summed E-state index contributed by atoms with van der Waals surface area (Å²) in [7, 11) is 0. The highest BCUT2D eigenvalue weighted by molar-refractivity contribution is 9.10. The van der Waals surface area contributed by atoms with Crippen molar-refractivity contribution in [2.45, 2.75) is 39.8 Å². The summed E-state index contributed by atoms with van der Waals surface area (Å²) >= 11 is 3.28. The molecule has 20 heavy (non-hydrogen) atoms. The Kier molecular flexibility index (Phi) is 5.56. The Hall–Kier alpha value is -1.56. The summed E-state index contributed by atoms with van der Waals surface area (Å²) in [5, 5.41) is 2.74. The van der Waals surface area contributed by atoms with Gasteiger partial charge in [0.25, 0.3) is 5.91 Å². The number of nitrogens with one attached hydrogen (secondary N) is 1. The molecule has 1 unspecified atom stereocenters. The maximum Gasteiger partial charge on any atom is 0.260 e. The van der Waals surface area contributed by atoms with Gasteiger partial charge in [-0.05, 0) is 39.8 Å². The van der Waals surface area contributed by atoms with Crippen LogP contribution < -0.4 is 15.8 Å². The van der Waals surface area contributed by atoms with Crippen LogP contribution in [0.2, 0.25) is 0 Å². The van der Waals surface area contributed by atoms with Gasteiger partial charge in [-0.2, -0.15) is 0 Å². The molecule has 0 fully saturated rings. The third-order valence-corrected chi connectivity index (χ3v) is 3.01. The number of rotatable bonds is 5. The normalized spacial score (nSPS) is 12.1. The zero-order valence-electron chi connectivity index (χ0n) is 12.0. The van der Waals surface area contributed by atoms with E-state index in [2.05, 4.69) is 21.2 Å². The van der Waals surface area contributed by atoms with Crippen molar-refractivity contribution in [1.82, 2.24) is 5.32 Å². The fraction of sp³-hybridized carbons (Fsp3) is 0.429. The first-order chi connectivity index (χ1) is 9.22. The number of benzene rings is 1. The molecule has 5 nitrogen and oxygen atoms in total. The van der Waals surface area contributed by atoms with E-state index in [9.17, 15) is 9.59 Å². The Morgan fingerprint density at radius 1 is 1.30 bits per heavy atom. The standard InChI is InChI=1S/C14H19BrN2O3/c1-7(2)17-14(19)9(4)20-13-11(8(3)18)5-10(15)6-12(13)16/h5-7,9H,16H2,1-4H3,(H,17,19). The Morgan fingerprint density at radius 3 is 2.40 bits per heavy atom. The zero-order chi connectivity index (χ0) is 15.4. The van der Waals surface area contributed by atoms with E-state index < -0.39 is 6.10 Å². The largest absolute Gasteiger partial charge is 0.478 e. The molecule has 0 radical (unpaired) electrons. The molecule has 0 spiro atoms. The molecule has 0 saturated heterocycles. The van der Waals surface area contributed by atoms with Crippen LogP contribution in [0.5, 0.6) is 5.75 Å². The number of amides is 1. The number of Topliss-reactive ketones (excluding diaryl/α,β-unsaturated/α-hetero) is 1. The molecular weight excluding hydrogens is 324 g/mol. The van der Waals surface area contributed by atoms with E-state index in [-0.39, 0.29) is 23.5 Å². The molecular formula is C14H19BrN2O3. The quantitative estimate of drug-likeness (QED) is 0.636. The lowest BCUT2D eigenvalue weighted by Gasteiger charge is -2.19. The molecule has 6 heteroatoms. The van der Waals surface area contributed by atoms with Crippen molar-refractivity contribution in [3.63, 3.8) is 0 Å². The molecule has 0 aliphatic rings. The van der Waals surface area contributed by atoms with E-state index in [4.69, 9.17) is 10.5 Å². The predicted octanol–water partition coefficient (Wildman–Crippen LogP) is 2.53. The van der Waals surface area contributed by atoms with Gasteiger partial charge in [-0.25, -0.2) is 0 Å². The van der Waals surface area contributed by atoms with Gasteiger partial charge in [0.2, 0.25) is 0 Å². The van der Waals surface area contributed by atoms with Gasteiger partial charge in [0, 0.05) is 10.5 Å². The van der Waals surface area contributed by atoms with Gasteiger partial charge in [-0.15, -0.1) is 0 Å². The highest BCUT2D eigenvalue weighted by Gasteiger charge is 2.20. The summed E-state index contributed by atoms with van der Waals surface area (Å²) in [6.45, 7) is 6.76. The lowest BCUT2D eigenvalue weighted by molar-refractivity contribution is -0.127. The van der Waals surface area contributed by atoms with Gasteiger partial charge >= 0.3 is 0 Å². The van der Waals surface area contributed by atoms with E-state index in [1.54, 1.807) is 19.1 Å². The maximum atomic E-state index is 11.8. The van der Waals surface area contributed by atoms with Crippen LogP contribution in [0, 0.1) is 0 Å². The first-order valence-corrected chi connectivity index (χ1v) is 7.08. The third-order valence-electron chi connectivity index (χ3n) is 2.56. The van der Waals surface area contributed by atoms with Crippen LogP contribution >= 0.6 is 15.9 Å². The number of ketones is 1. The van der Waals surface area contributed by atoms with Gasteiger partial charge in [0.05, 0.1) is 11.3 Å². The Bertz CT molecular complexity index is 529. The van der Waals surface area contributed by atoms with Crippen LogP contribution in [0.25, 0.3) is 0 Å². The lowest BCUT2D eigenvalue weighted by Crippen LogP contribution is -2.40. The number of nitrogens with two attached hydrogens (primary N) is 1. The van der Waals surface area contributed by atoms with Gasteiger partial charge in [-0.1, -0.05) is 15.9 Å². The summed E-state index contributed by atoms with van der Waals surface area (Å²) in [5.74, 6) is -0.187. The van der Waals surface area contributed by atoms with Crippen molar-refractivity contribution in [2.75, 3.05) is 5.73 Å². The molecule has 0 aliphatic carbocycles. The smallest absolute Gasteiger partial charge is 0.260 e. The number of carbonyl (C=O) groups is 2. The maximum absolute atomic E-state index is 11.8. The average Bonchev–Trinajstić information content (AvgIpc) is 2.30. The average molecular weight is 343 g/mol. The number of hydrogen-bond acceptors (Lipinski definition) is 4. The number of ether oxygens (including phenoxy) is 1. The molecule has 0 aromatic heterocycles. The number of nitrogen functional groups attached to an aromatic ring is 1. The second-order valence-electron chi connectivity index (χ2n) is 4.85. The van der Waals surface area contributed by atoms with Crippen molar-refractivity contribution in [3.05, 3.63) is 22.2 Å². The molecule has 3 N–H and O–H groups in total. The summed E-state index contributed by atoms with van der Waals surface area (Å²) in [5.41, 5.74) is 6.53. The van der Waals surface area contributed by atoms with Crippen LogP contribution in [0.1, 0.15) is 38.1 Å². The Balaban J connectivity index is 3.02. The highest BCUT2D eigenvalue weighted by atomic mass is 79.9. The molecule has 0 bridgehead atoms. The molecule has 0 saturated carbocycles. The van der Waals surface area contributed by atoms with Crippen molar-refractivity contribution >= 4 is 33.3 Å². The van der Waals surface area contributed by atoms with E-state index in [0.717, 1.165) is 0 Å². The molecule has 1 atom stereocenters. The van der Waals surface area contributed by atoms with Crippen LogP contribution in [0.3, 0.4) is 0 Å². The number of anilines is 1. The van der Waals surface area contributed by atoms with Crippen molar-refractivity contribution in [3.8, 4) is 5.75 Å². The van der Waals surface area contributed by atoms with Crippen LogP contribution in [0.15, 0.2) is 16.6 Å². The molecule has 1 rings (SSSR count). The van der Waals surface area contributed by atoms with E-state index in [1.165, 1.54) is 6.92 Å². The minimum Gasteiger partial charge on any atom is -0.478 e. The minimum absolute atomic E-state index is 0.0168. The molecule has 0 aliphatic heterocycles. The summed E-state index contributed by atoms with van der Waals surface area (Å²) in [6, 6.07) is 3.28. The summed E-state index contributed by atoms with van der Waals surface area (Å²) < 4.78 is 6.26. The predicted molar refractivity (Wildman–Crippen MR) is 81.9 cm³/mol. The second kappa shape index (κ2) is 6.74. The van der Waals surface area contributed by atoms with Gasteiger partial charge in [-0.3, -0.25) is 9.59 Å².